The van der Waals surface area contributed by atoms with Gasteiger partial charge in [-0.2, -0.15) is 0 Å². The second kappa shape index (κ2) is 4.99. The van der Waals surface area contributed by atoms with E-state index in [9.17, 15) is 0 Å². The lowest BCUT2D eigenvalue weighted by atomic mass is 10.4. The maximum absolute atomic E-state index is 4.19. The van der Waals surface area contributed by atoms with Crippen molar-refractivity contribution >= 4 is 18.4 Å². The molecule has 1 aliphatic rings. The molecule has 1 aliphatic heterocycles. The minimum atomic E-state index is 0. The Morgan fingerprint density at radius 1 is 1.23 bits per heavy atom. The Kier molecular flexibility index (Phi) is 3.92. The molecule has 1 aromatic rings. The van der Waals surface area contributed by atoms with Gasteiger partial charge in [0.2, 0.25) is 5.95 Å². The Hall–Kier alpha value is -0.870. The highest BCUT2D eigenvalue weighted by Crippen LogP contribution is 2.04. The van der Waals surface area contributed by atoms with E-state index in [1.807, 2.05) is 6.07 Å². The normalized spacial score (nSPS) is 16.5. The van der Waals surface area contributed by atoms with Crippen LogP contribution < -0.4 is 10.2 Å². The van der Waals surface area contributed by atoms with Gasteiger partial charge in [0.1, 0.15) is 0 Å². The number of nitrogens with one attached hydrogen (secondary N) is 1. The molecule has 0 atom stereocenters. The van der Waals surface area contributed by atoms with Crippen molar-refractivity contribution in [1.29, 1.82) is 0 Å². The van der Waals surface area contributed by atoms with Gasteiger partial charge in [0, 0.05) is 38.6 Å². The number of hydrogen-bond donors (Lipinski definition) is 1. The number of nitrogens with zero attached hydrogens (tertiary/aromatic N) is 3. The van der Waals surface area contributed by atoms with Crippen molar-refractivity contribution in [3.8, 4) is 0 Å². The fraction of sp³-hybridized carbons (Fsp3) is 0.500. The SMILES string of the molecule is Cl.[H+].[H+].c1cnc(N2CCNCC2)nc1. The highest BCUT2D eigenvalue weighted by Gasteiger charge is 2.11. The molecule has 2 heterocycles. The molecule has 72 valence electrons. The molecule has 4 nitrogen and oxygen atoms in total. The number of anilines is 1. The van der Waals surface area contributed by atoms with E-state index < -0.39 is 0 Å². The second-order valence-corrected chi connectivity index (χ2v) is 2.79. The summed E-state index contributed by atoms with van der Waals surface area (Å²) >= 11 is 0. The maximum atomic E-state index is 4.19. The maximum Gasteiger partial charge on any atom is 1.00 e. The van der Waals surface area contributed by atoms with Crippen LogP contribution in [0.4, 0.5) is 5.95 Å². The van der Waals surface area contributed by atoms with E-state index in [4.69, 9.17) is 0 Å². The molecule has 1 aromatic heterocycles. The van der Waals surface area contributed by atoms with Crippen molar-refractivity contribution < 1.29 is 2.85 Å². The predicted octanol–water partition coefficient (Wildman–Crippen LogP) is 0.533. The van der Waals surface area contributed by atoms with Crippen LogP contribution in [0.15, 0.2) is 18.5 Å². The van der Waals surface area contributed by atoms with Crippen LogP contribution in [-0.4, -0.2) is 36.1 Å². The van der Waals surface area contributed by atoms with Crippen LogP contribution in [0, 0.1) is 0 Å². The Labute approximate surface area is 86.8 Å². The number of aromatic nitrogens is 2. The molecule has 0 radical (unpaired) electrons. The number of piperazine rings is 1. The van der Waals surface area contributed by atoms with E-state index in [0.717, 1.165) is 32.1 Å². The lowest BCUT2D eigenvalue weighted by Gasteiger charge is -2.26. The number of halogens is 1. The Morgan fingerprint density at radius 3 is 2.46 bits per heavy atom. The average molecular weight is 203 g/mol. The molecule has 0 bridgehead atoms. The first-order valence-electron chi connectivity index (χ1n) is 4.19. The van der Waals surface area contributed by atoms with Crippen LogP contribution in [0.3, 0.4) is 0 Å². The summed E-state index contributed by atoms with van der Waals surface area (Å²) < 4.78 is 0. The fourth-order valence-corrected chi connectivity index (χ4v) is 1.32. The molecule has 0 unspecified atom stereocenters. The zero-order chi connectivity index (χ0) is 8.23. The van der Waals surface area contributed by atoms with Gasteiger partial charge in [-0.05, 0) is 6.07 Å². The second-order valence-electron chi connectivity index (χ2n) is 2.79. The molecule has 13 heavy (non-hydrogen) atoms. The van der Waals surface area contributed by atoms with Gasteiger partial charge in [-0.15, -0.1) is 12.4 Å². The summed E-state index contributed by atoms with van der Waals surface area (Å²) in [6.45, 7) is 4.06. The van der Waals surface area contributed by atoms with Gasteiger partial charge in [-0.3, -0.25) is 0 Å². The molecule has 0 spiro atoms. The van der Waals surface area contributed by atoms with Crippen LogP contribution in [-0.2, 0) is 0 Å². The smallest absolute Gasteiger partial charge is 0.338 e. The van der Waals surface area contributed by atoms with Gasteiger partial charge in [-0.25, -0.2) is 9.97 Å². The molecular formula is C8H15ClN4+2. The summed E-state index contributed by atoms with van der Waals surface area (Å²) in [5.41, 5.74) is 0. The highest BCUT2D eigenvalue weighted by atomic mass is 35.5. The van der Waals surface area contributed by atoms with Crippen molar-refractivity contribution in [2.75, 3.05) is 31.1 Å². The van der Waals surface area contributed by atoms with E-state index in [1.165, 1.54) is 0 Å². The molecule has 1 fully saturated rings. The first-order chi connectivity index (χ1) is 5.97. The van der Waals surface area contributed by atoms with Crippen LogP contribution in [0.2, 0.25) is 0 Å². The monoisotopic (exact) mass is 202 g/mol. The lowest BCUT2D eigenvalue weighted by molar-refractivity contribution is 0.580. The predicted molar refractivity (Wildman–Crippen MR) is 56.6 cm³/mol. The number of hydrogen-bond acceptors (Lipinski definition) is 4. The Balaban J connectivity index is 0. The van der Waals surface area contributed by atoms with E-state index >= 15 is 0 Å². The average Bonchev–Trinajstić information content (AvgIpc) is 2.21. The van der Waals surface area contributed by atoms with Gasteiger partial charge < -0.3 is 10.2 Å². The van der Waals surface area contributed by atoms with Crippen molar-refractivity contribution in [1.82, 2.24) is 15.3 Å². The standard InChI is InChI=1S/C8H12N4.ClH/c1-2-10-8(11-3-1)12-6-4-9-5-7-12;/h1-3,9H,4-7H2;1H/p+2. The summed E-state index contributed by atoms with van der Waals surface area (Å²) in [7, 11) is 0. The van der Waals surface area contributed by atoms with E-state index in [0.29, 0.717) is 0 Å². The third-order valence-corrected chi connectivity index (χ3v) is 1.95. The molecule has 1 saturated heterocycles. The molecule has 1 N–H and O–H groups in total. The van der Waals surface area contributed by atoms with Gasteiger partial charge in [0.25, 0.3) is 0 Å². The van der Waals surface area contributed by atoms with E-state index in [-0.39, 0.29) is 15.3 Å². The van der Waals surface area contributed by atoms with Gasteiger partial charge in [0.15, 0.2) is 0 Å². The molecular weight excluding hydrogens is 188 g/mol. The van der Waals surface area contributed by atoms with Crippen LogP contribution in [0.5, 0.6) is 0 Å². The van der Waals surface area contributed by atoms with Crippen molar-refractivity contribution in [2.45, 2.75) is 0 Å². The third kappa shape index (κ3) is 2.54. The van der Waals surface area contributed by atoms with Crippen molar-refractivity contribution in [2.24, 2.45) is 0 Å². The van der Waals surface area contributed by atoms with Gasteiger partial charge in [0.05, 0.1) is 0 Å². The van der Waals surface area contributed by atoms with Crippen LogP contribution in [0.1, 0.15) is 2.85 Å². The first-order valence-corrected chi connectivity index (χ1v) is 4.19. The molecule has 5 heteroatoms. The fourth-order valence-electron chi connectivity index (χ4n) is 1.32. The number of rotatable bonds is 1. The largest absolute Gasteiger partial charge is 1.00 e. The highest BCUT2D eigenvalue weighted by molar-refractivity contribution is 5.85. The molecule has 0 amide bonds. The zero-order valence-electron chi connectivity index (χ0n) is 9.31. The summed E-state index contributed by atoms with van der Waals surface area (Å²) in [5, 5.41) is 3.29. The minimum Gasteiger partial charge on any atom is -0.338 e. The van der Waals surface area contributed by atoms with Gasteiger partial charge in [-0.1, -0.05) is 0 Å². The van der Waals surface area contributed by atoms with E-state index in [2.05, 4.69) is 20.2 Å². The quantitative estimate of drug-likeness (QED) is 0.722. The molecule has 0 aromatic carbocycles. The summed E-state index contributed by atoms with van der Waals surface area (Å²) in [6.07, 6.45) is 3.56. The molecule has 0 saturated carbocycles. The zero-order valence-corrected chi connectivity index (χ0v) is 8.13. The van der Waals surface area contributed by atoms with Crippen molar-refractivity contribution in [3.05, 3.63) is 18.5 Å². The topological polar surface area (TPSA) is 41.1 Å². The van der Waals surface area contributed by atoms with Gasteiger partial charge >= 0.3 is 2.85 Å². The van der Waals surface area contributed by atoms with Crippen molar-refractivity contribution in [3.63, 3.8) is 0 Å². The first kappa shape index (κ1) is 10.2. The summed E-state index contributed by atoms with van der Waals surface area (Å²) in [6, 6.07) is 1.84. The molecule has 2 rings (SSSR count). The summed E-state index contributed by atoms with van der Waals surface area (Å²) in [5.74, 6) is 0.846. The third-order valence-electron chi connectivity index (χ3n) is 1.95. The Bertz CT molecular complexity index is 244. The Morgan fingerprint density at radius 2 is 1.85 bits per heavy atom. The van der Waals surface area contributed by atoms with Crippen LogP contribution >= 0.6 is 12.4 Å². The lowest BCUT2D eigenvalue weighted by Crippen LogP contribution is -2.44. The molecule has 0 aliphatic carbocycles. The summed E-state index contributed by atoms with van der Waals surface area (Å²) in [4.78, 5) is 10.6. The van der Waals surface area contributed by atoms with E-state index in [1.54, 1.807) is 12.4 Å². The minimum absolute atomic E-state index is 0. The van der Waals surface area contributed by atoms with Crippen LogP contribution in [0.25, 0.3) is 0 Å².